The molecule has 2 aromatic carbocycles. The highest BCUT2D eigenvalue weighted by Crippen LogP contribution is 2.25. The molecule has 0 atom stereocenters. The molecule has 4 aromatic rings. The third-order valence-corrected chi connectivity index (χ3v) is 5.88. The van der Waals surface area contributed by atoms with E-state index in [1.165, 1.54) is 11.5 Å². The number of benzene rings is 2. The molecule has 7 nitrogen and oxygen atoms in total. The topological polar surface area (TPSA) is 103 Å². The molecule has 0 unspecified atom stereocenters. The fourth-order valence-electron chi connectivity index (χ4n) is 3.44. The normalized spacial score (nSPS) is 11.7. The van der Waals surface area contributed by atoms with Gasteiger partial charge in [-0.25, -0.2) is 23.5 Å². The van der Waals surface area contributed by atoms with Gasteiger partial charge in [-0.2, -0.15) is 0 Å². The first-order chi connectivity index (χ1) is 14.3. The average Bonchev–Trinajstić information content (AvgIpc) is 3.07. The van der Waals surface area contributed by atoms with Gasteiger partial charge in [0.2, 0.25) is 10.0 Å². The van der Waals surface area contributed by atoms with Crippen molar-refractivity contribution in [3.63, 3.8) is 0 Å². The Morgan fingerprint density at radius 1 is 1.07 bits per heavy atom. The molecule has 0 spiro atoms. The number of hydrogen-bond acceptors (Lipinski definition) is 5. The van der Waals surface area contributed by atoms with E-state index in [2.05, 4.69) is 44.1 Å². The second-order valence-corrected chi connectivity index (χ2v) is 8.82. The first-order valence-electron chi connectivity index (χ1n) is 9.56. The Morgan fingerprint density at radius 3 is 2.70 bits per heavy atom. The number of aryl methyl sites for hydroxylation is 2. The van der Waals surface area contributed by atoms with Crippen molar-refractivity contribution in [2.24, 2.45) is 12.2 Å². The molecule has 0 saturated carbocycles. The minimum atomic E-state index is -3.70. The Morgan fingerprint density at radius 2 is 1.90 bits per heavy atom. The van der Waals surface area contributed by atoms with E-state index in [-0.39, 0.29) is 4.90 Å². The Balaban J connectivity index is 1.51. The standard InChI is InChI=1S/C22H23N5O2S/c1-15-25-20(18-7-6-17-9-11-27(2)21(17)13-18)14-22(26-15)24-10-8-16-4-3-5-19(12-16)30(23,28)29/h3-7,9,11-14H,8,10H2,1-2H3,(H2,23,28,29)(H,24,25,26). The summed E-state index contributed by atoms with van der Waals surface area (Å²) in [5, 5.41) is 9.71. The minimum absolute atomic E-state index is 0.122. The van der Waals surface area contributed by atoms with E-state index in [1.807, 2.05) is 32.3 Å². The summed E-state index contributed by atoms with van der Waals surface area (Å²) in [6.45, 7) is 2.46. The van der Waals surface area contributed by atoms with Crippen LogP contribution in [0.15, 0.2) is 65.7 Å². The number of fused-ring (bicyclic) bond motifs is 1. The SMILES string of the molecule is Cc1nc(NCCc2cccc(S(N)(=O)=O)c2)cc(-c2ccc3ccn(C)c3c2)n1. The van der Waals surface area contributed by atoms with Gasteiger partial charge in [-0.3, -0.25) is 0 Å². The smallest absolute Gasteiger partial charge is 0.238 e. The van der Waals surface area contributed by atoms with Gasteiger partial charge in [0.25, 0.3) is 0 Å². The summed E-state index contributed by atoms with van der Waals surface area (Å²) >= 11 is 0. The van der Waals surface area contributed by atoms with Crippen molar-refractivity contribution in [2.75, 3.05) is 11.9 Å². The van der Waals surface area contributed by atoms with Crippen molar-refractivity contribution in [2.45, 2.75) is 18.2 Å². The lowest BCUT2D eigenvalue weighted by molar-refractivity contribution is 0.597. The van der Waals surface area contributed by atoms with Crippen LogP contribution in [-0.2, 0) is 23.5 Å². The van der Waals surface area contributed by atoms with Crippen LogP contribution in [0.3, 0.4) is 0 Å². The highest BCUT2D eigenvalue weighted by molar-refractivity contribution is 7.89. The van der Waals surface area contributed by atoms with E-state index < -0.39 is 10.0 Å². The van der Waals surface area contributed by atoms with Crippen molar-refractivity contribution in [3.8, 4) is 11.3 Å². The quantitative estimate of drug-likeness (QED) is 0.497. The summed E-state index contributed by atoms with van der Waals surface area (Å²) in [6.07, 6.45) is 2.68. The summed E-state index contributed by atoms with van der Waals surface area (Å²) in [5.41, 5.74) is 3.91. The summed E-state index contributed by atoms with van der Waals surface area (Å²) in [7, 11) is -1.68. The Kier molecular flexibility index (Phi) is 5.27. The van der Waals surface area contributed by atoms with Gasteiger partial charge in [0, 0.05) is 36.9 Å². The third kappa shape index (κ3) is 4.34. The summed E-state index contributed by atoms with van der Waals surface area (Å²) < 4.78 is 25.1. The number of rotatable bonds is 6. The molecule has 2 aromatic heterocycles. The summed E-state index contributed by atoms with van der Waals surface area (Å²) in [4.78, 5) is 9.18. The van der Waals surface area contributed by atoms with Crippen LogP contribution in [0.25, 0.3) is 22.2 Å². The Hall–Kier alpha value is -3.23. The first-order valence-corrected chi connectivity index (χ1v) is 11.1. The van der Waals surface area contributed by atoms with E-state index >= 15 is 0 Å². The van der Waals surface area contributed by atoms with Crippen LogP contribution in [0, 0.1) is 6.92 Å². The highest BCUT2D eigenvalue weighted by atomic mass is 32.2. The predicted molar refractivity (Wildman–Crippen MR) is 119 cm³/mol. The molecule has 0 saturated heterocycles. The number of sulfonamides is 1. The minimum Gasteiger partial charge on any atom is -0.370 e. The molecule has 3 N–H and O–H groups in total. The molecule has 0 radical (unpaired) electrons. The molecule has 30 heavy (non-hydrogen) atoms. The lowest BCUT2D eigenvalue weighted by atomic mass is 10.1. The fraction of sp³-hybridized carbons (Fsp3) is 0.182. The predicted octanol–water partition coefficient (Wildman–Crippen LogP) is 3.25. The van der Waals surface area contributed by atoms with E-state index in [0.29, 0.717) is 18.8 Å². The maximum atomic E-state index is 11.5. The zero-order valence-electron chi connectivity index (χ0n) is 16.8. The van der Waals surface area contributed by atoms with Gasteiger partial charge in [-0.15, -0.1) is 0 Å². The van der Waals surface area contributed by atoms with Crippen LogP contribution in [0.2, 0.25) is 0 Å². The lowest BCUT2D eigenvalue weighted by Crippen LogP contribution is -2.13. The Labute approximate surface area is 175 Å². The molecule has 2 heterocycles. The average molecular weight is 422 g/mol. The van der Waals surface area contributed by atoms with Crippen molar-refractivity contribution in [3.05, 3.63) is 72.2 Å². The van der Waals surface area contributed by atoms with E-state index in [1.54, 1.807) is 12.1 Å². The van der Waals surface area contributed by atoms with Gasteiger partial charge in [-0.05, 0) is 48.6 Å². The second-order valence-electron chi connectivity index (χ2n) is 7.26. The lowest BCUT2D eigenvalue weighted by Gasteiger charge is -2.10. The van der Waals surface area contributed by atoms with Gasteiger partial charge in [0.05, 0.1) is 10.6 Å². The van der Waals surface area contributed by atoms with Crippen LogP contribution in [0.1, 0.15) is 11.4 Å². The van der Waals surface area contributed by atoms with Crippen LogP contribution in [0.4, 0.5) is 5.82 Å². The molecule has 0 fully saturated rings. The van der Waals surface area contributed by atoms with Crippen molar-refractivity contribution in [1.82, 2.24) is 14.5 Å². The van der Waals surface area contributed by atoms with E-state index in [4.69, 9.17) is 5.14 Å². The molecule has 8 heteroatoms. The van der Waals surface area contributed by atoms with Crippen molar-refractivity contribution >= 4 is 26.7 Å². The van der Waals surface area contributed by atoms with Crippen molar-refractivity contribution < 1.29 is 8.42 Å². The first kappa shape index (κ1) is 20.1. The number of nitrogens with zero attached hydrogens (tertiary/aromatic N) is 3. The molecule has 154 valence electrons. The second kappa shape index (κ2) is 7.89. The van der Waals surface area contributed by atoms with Gasteiger partial charge >= 0.3 is 0 Å². The van der Waals surface area contributed by atoms with Gasteiger partial charge in [0.15, 0.2) is 0 Å². The largest absolute Gasteiger partial charge is 0.370 e. The van der Waals surface area contributed by atoms with E-state index in [9.17, 15) is 8.42 Å². The van der Waals surface area contributed by atoms with Crippen LogP contribution in [-0.4, -0.2) is 29.5 Å². The van der Waals surface area contributed by atoms with E-state index in [0.717, 1.165) is 28.2 Å². The molecule has 0 aliphatic rings. The summed E-state index contributed by atoms with van der Waals surface area (Å²) in [6, 6.07) is 17.0. The molecule has 0 amide bonds. The van der Waals surface area contributed by atoms with Gasteiger partial charge < -0.3 is 9.88 Å². The highest BCUT2D eigenvalue weighted by Gasteiger charge is 2.09. The Bertz CT molecular complexity index is 1330. The number of hydrogen-bond donors (Lipinski definition) is 2. The third-order valence-electron chi connectivity index (χ3n) is 4.97. The summed E-state index contributed by atoms with van der Waals surface area (Å²) in [5.74, 6) is 1.41. The van der Waals surface area contributed by atoms with Gasteiger partial charge in [-0.1, -0.05) is 24.3 Å². The molecule has 4 rings (SSSR count). The number of primary sulfonamides is 1. The van der Waals surface area contributed by atoms with Crippen LogP contribution in [0.5, 0.6) is 0 Å². The maximum Gasteiger partial charge on any atom is 0.238 e. The molecular weight excluding hydrogens is 398 g/mol. The molecular formula is C22H23N5O2S. The zero-order valence-corrected chi connectivity index (χ0v) is 17.6. The molecule has 0 bridgehead atoms. The number of nitrogens with two attached hydrogens (primary N) is 1. The maximum absolute atomic E-state index is 11.5. The van der Waals surface area contributed by atoms with Crippen molar-refractivity contribution in [1.29, 1.82) is 0 Å². The zero-order chi connectivity index (χ0) is 21.3. The van der Waals surface area contributed by atoms with Gasteiger partial charge in [0.1, 0.15) is 11.6 Å². The van der Waals surface area contributed by atoms with Crippen LogP contribution < -0.4 is 10.5 Å². The molecule has 0 aliphatic heterocycles. The molecule has 0 aliphatic carbocycles. The fourth-order valence-corrected chi connectivity index (χ4v) is 4.02. The number of aromatic nitrogens is 3. The number of anilines is 1. The van der Waals surface area contributed by atoms with Crippen LogP contribution >= 0.6 is 0 Å². The number of nitrogens with one attached hydrogen (secondary N) is 1. The monoisotopic (exact) mass is 421 g/mol.